The molecule has 0 radical (unpaired) electrons. The first kappa shape index (κ1) is 16.0. The van der Waals surface area contributed by atoms with E-state index in [1.165, 1.54) is 0 Å². The Labute approximate surface area is 130 Å². The largest absolute Gasteiger partial charge is 0.377 e. The van der Waals surface area contributed by atoms with Crippen molar-refractivity contribution < 1.29 is 14.3 Å². The maximum absolute atomic E-state index is 12.3. The number of carbonyl (C=O) groups is 2. The van der Waals surface area contributed by atoms with Crippen molar-refractivity contribution in [3.05, 3.63) is 34.9 Å². The molecule has 0 spiro atoms. The number of rotatable bonds is 4. The lowest BCUT2D eigenvalue weighted by Gasteiger charge is -2.42. The highest BCUT2D eigenvalue weighted by molar-refractivity contribution is 6.31. The summed E-state index contributed by atoms with van der Waals surface area (Å²) >= 11 is 5.87. The lowest BCUT2D eigenvalue weighted by atomic mass is 10.0. The molecule has 0 aromatic heterocycles. The van der Waals surface area contributed by atoms with Gasteiger partial charge in [-0.3, -0.25) is 9.59 Å². The predicted molar refractivity (Wildman–Crippen MR) is 81.6 cm³/mol. The van der Waals surface area contributed by atoms with Gasteiger partial charge in [0.15, 0.2) is 5.78 Å². The maximum Gasteiger partial charge on any atom is 0.223 e. The van der Waals surface area contributed by atoms with Crippen LogP contribution in [0.15, 0.2) is 24.3 Å². The van der Waals surface area contributed by atoms with Gasteiger partial charge >= 0.3 is 0 Å². The zero-order chi connectivity index (χ0) is 15.5. The Morgan fingerprint density at radius 2 is 2.10 bits per heavy atom. The van der Waals surface area contributed by atoms with Crippen LogP contribution in [0.5, 0.6) is 0 Å². The molecule has 1 amide bonds. The summed E-state index contributed by atoms with van der Waals surface area (Å²) in [7, 11) is 0. The number of Topliss-reactive ketones (excluding diaryl/α,β-unsaturated/α-hetero) is 1. The highest BCUT2D eigenvalue weighted by Gasteiger charge is 2.33. The highest BCUT2D eigenvalue weighted by Crippen LogP contribution is 2.21. The lowest BCUT2D eigenvalue weighted by molar-refractivity contribution is -0.146. The summed E-state index contributed by atoms with van der Waals surface area (Å²) in [6, 6.07) is 6.81. The first-order valence-electron chi connectivity index (χ1n) is 7.07. The molecule has 0 unspecified atom stereocenters. The van der Waals surface area contributed by atoms with E-state index in [9.17, 15) is 9.59 Å². The SMILES string of the molecule is CC1(C)COCCN1C(=O)CCC(=O)c1cccc(Cl)c1. The van der Waals surface area contributed by atoms with E-state index < -0.39 is 0 Å². The summed E-state index contributed by atoms with van der Waals surface area (Å²) in [5.74, 6) is -0.0596. The Kier molecular flexibility index (Phi) is 5.01. The molecule has 0 aliphatic carbocycles. The molecule has 5 heteroatoms. The lowest BCUT2D eigenvalue weighted by Crippen LogP contribution is -2.55. The summed E-state index contributed by atoms with van der Waals surface area (Å²) in [5, 5.41) is 0.529. The Hall–Kier alpha value is -1.39. The number of ether oxygens (including phenoxy) is 1. The smallest absolute Gasteiger partial charge is 0.223 e. The molecule has 1 saturated heterocycles. The van der Waals surface area contributed by atoms with Crippen LogP contribution in [0.3, 0.4) is 0 Å². The summed E-state index contributed by atoms with van der Waals surface area (Å²) in [4.78, 5) is 26.2. The minimum atomic E-state index is -0.311. The van der Waals surface area contributed by atoms with Gasteiger partial charge in [0.05, 0.1) is 18.8 Å². The molecular formula is C16H20ClNO3. The minimum absolute atomic E-state index is 0.00122. The number of ketones is 1. The Morgan fingerprint density at radius 1 is 1.33 bits per heavy atom. The van der Waals surface area contributed by atoms with Crippen molar-refractivity contribution in [1.29, 1.82) is 0 Å². The highest BCUT2D eigenvalue weighted by atomic mass is 35.5. The molecule has 114 valence electrons. The topological polar surface area (TPSA) is 46.6 Å². The van der Waals surface area contributed by atoms with Gasteiger partial charge in [0.2, 0.25) is 5.91 Å². The summed E-state index contributed by atoms with van der Waals surface area (Å²) < 4.78 is 5.40. The van der Waals surface area contributed by atoms with E-state index >= 15 is 0 Å². The first-order chi connectivity index (χ1) is 9.90. The van der Waals surface area contributed by atoms with Crippen LogP contribution in [0.25, 0.3) is 0 Å². The van der Waals surface area contributed by atoms with E-state index in [1.54, 1.807) is 24.3 Å². The fourth-order valence-corrected chi connectivity index (χ4v) is 2.67. The second kappa shape index (κ2) is 6.58. The number of nitrogens with zero attached hydrogens (tertiary/aromatic N) is 1. The van der Waals surface area contributed by atoms with E-state index in [0.717, 1.165) is 0 Å². The summed E-state index contributed by atoms with van der Waals surface area (Å²) in [5.41, 5.74) is 0.241. The van der Waals surface area contributed by atoms with Crippen LogP contribution in [0, 0.1) is 0 Å². The van der Waals surface area contributed by atoms with E-state index in [-0.39, 0.29) is 30.1 Å². The van der Waals surface area contributed by atoms with E-state index in [0.29, 0.717) is 30.3 Å². The maximum atomic E-state index is 12.3. The summed E-state index contributed by atoms with van der Waals surface area (Å²) in [6.45, 7) is 5.61. The van der Waals surface area contributed by atoms with Crippen molar-refractivity contribution in [1.82, 2.24) is 4.90 Å². The number of benzene rings is 1. The van der Waals surface area contributed by atoms with Crippen molar-refractivity contribution in [2.24, 2.45) is 0 Å². The van der Waals surface area contributed by atoms with Crippen LogP contribution in [-0.4, -0.2) is 41.9 Å². The molecule has 2 rings (SSSR count). The average Bonchev–Trinajstić information content (AvgIpc) is 2.44. The molecule has 21 heavy (non-hydrogen) atoms. The van der Waals surface area contributed by atoms with Gasteiger partial charge in [-0.05, 0) is 26.0 Å². The molecule has 0 N–H and O–H groups in total. The van der Waals surface area contributed by atoms with Crippen LogP contribution in [-0.2, 0) is 9.53 Å². The predicted octanol–water partition coefficient (Wildman–Crippen LogP) is 2.94. The van der Waals surface area contributed by atoms with Crippen LogP contribution < -0.4 is 0 Å². The Bertz CT molecular complexity index is 542. The molecular weight excluding hydrogens is 290 g/mol. The van der Waals surface area contributed by atoms with Gasteiger partial charge in [-0.25, -0.2) is 0 Å². The quantitative estimate of drug-likeness (QED) is 0.803. The standard InChI is InChI=1S/C16H20ClNO3/c1-16(2)11-21-9-8-18(16)15(20)7-6-14(19)12-4-3-5-13(17)10-12/h3-5,10H,6-9,11H2,1-2H3. The van der Waals surface area contributed by atoms with E-state index in [2.05, 4.69) is 0 Å². The number of hydrogen-bond donors (Lipinski definition) is 0. The van der Waals surface area contributed by atoms with Gasteiger partial charge < -0.3 is 9.64 Å². The second-order valence-electron chi connectivity index (χ2n) is 5.84. The van der Waals surface area contributed by atoms with Crippen molar-refractivity contribution in [2.75, 3.05) is 19.8 Å². The van der Waals surface area contributed by atoms with Crippen molar-refractivity contribution >= 4 is 23.3 Å². The molecule has 1 aliphatic heterocycles. The Balaban J connectivity index is 1.93. The third-order valence-corrected chi connectivity index (χ3v) is 3.89. The van der Waals surface area contributed by atoms with Gasteiger partial charge in [0.1, 0.15) is 0 Å². The molecule has 0 saturated carbocycles. The van der Waals surface area contributed by atoms with Crippen molar-refractivity contribution in [3.63, 3.8) is 0 Å². The fourth-order valence-electron chi connectivity index (χ4n) is 2.48. The number of hydrogen-bond acceptors (Lipinski definition) is 3. The molecule has 1 fully saturated rings. The molecule has 1 aromatic rings. The Morgan fingerprint density at radius 3 is 2.76 bits per heavy atom. The average molecular weight is 310 g/mol. The van der Waals surface area contributed by atoms with Gasteiger partial charge in [-0.1, -0.05) is 23.7 Å². The second-order valence-corrected chi connectivity index (χ2v) is 6.28. The van der Waals surface area contributed by atoms with Gasteiger partial charge in [0.25, 0.3) is 0 Å². The third kappa shape index (κ3) is 4.05. The molecule has 1 aliphatic rings. The number of carbonyl (C=O) groups excluding carboxylic acids is 2. The van der Waals surface area contributed by atoms with Crippen LogP contribution >= 0.6 is 11.6 Å². The van der Waals surface area contributed by atoms with E-state index in [4.69, 9.17) is 16.3 Å². The van der Waals surface area contributed by atoms with Crippen molar-refractivity contribution in [2.45, 2.75) is 32.2 Å². The van der Waals surface area contributed by atoms with Gasteiger partial charge in [-0.15, -0.1) is 0 Å². The van der Waals surface area contributed by atoms with Crippen LogP contribution in [0.4, 0.5) is 0 Å². The monoisotopic (exact) mass is 309 g/mol. The third-order valence-electron chi connectivity index (χ3n) is 3.66. The summed E-state index contributed by atoms with van der Waals surface area (Å²) in [6.07, 6.45) is 0.418. The fraction of sp³-hybridized carbons (Fsp3) is 0.500. The number of amides is 1. The molecule has 0 bridgehead atoms. The minimum Gasteiger partial charge on any atom is -0.377 e. The molecule has 4 nitrogen and oxygen atoms in total. The van der Waals surface area contributed by atoms with Crippen LogP contribution in [0.2, 0.25) is 5.02 Å². The molecule has 0 atom stereocenters. The molecule has 1 heterocycles. The van der Waals surface area contributed by atoms with E-state index in [1.807, 2.05) is 18.7 Å². The zero-order valence-electron chi connectivity index (χ0n) is 12.4. The number of halogens is 1. The first-order valence-corrected chi connectivity index (χ1v) is 7.45. The van der Waals surface area contributed by atoms with Crippen LogP contribution in [0.1, 0.15) is 37.0 Å². The number of morpholine rings is 1. The normalized spacial score (nSPS) is 17.6. The zero-order valence-corrected chi connectivity index (χ0v) is 13.2. The van der Waals surface area contributed by atoms with Crippen molar-refractivity contribution in [3.8, 4) is 0 Å². The van der Waals surface area contributed by atoms with Gasteiger partial charge in [0, 0.05) is 30.0 Å². The molecule has 1 aromatic carbocycles. The van der Waals surface area contributed by atoms with Gasteiger partial charge in [-0.2, -0.15) is 0 Å².